The van der Waals surface area contributed by atoms with Crippen LogP contribution in [0.3, 0.4) is 0 Å². The van der Waals surface area contributed by atoms with Gasteiger partial charge in [0.15, 0.2) is 0 Å². The molecule has 2 rings (SSSR count). The minimum Gasteiger partial charge on any atom is -0.165 e. The Hall–Kier alpha value is 0.0500. The summed E-state index contributed by atoms with van der Waals surface area (Å²) in [5.41, 5.74) is 3.61. The number of hydrogen-bond acceptors (Lipinski definition) is 1. The second-order valence-electron chi connectivity index (χ2n) is 5.02. The van der Waals surface area contributed by atoms with E-state index in [1.807, 2.05) is 11.8 Å². The van der Waals surface area contributed by atoms with Gasteiger partial charge in [0, 0.05) is 10.7 Å². The summed E-state index contributed by atoms with van der Waals surface area (Å²) in [5, 5.41) is 1.12. The van der Waals surface area contributed by atoms with Crippen molar-refractivity contribution < 1.29 is 0 Å². The van der Waals surface area contributed by atoms with Gasteiger partial charge in [-0.15, -0.1) is 0 Å². The van der Waals surface area contributed by atoms with E-state index in [0.717, 1.165) is 5.33 Å². The molecule has 17 heavy (non-hydrogen) atoms. The van der Waals surface area contributed by atoms with Gasteiger partial charge in [-0.05, 0) is 55.2 Å². The Morgan fingerprint density at radius 1 is 1.35 bits per heavy atom. The van der Waals surface area contributed by atoms with Gasteiger partial charge in [0.1, 0.15) is 0 Å². The molecule has 0 N–H and O–H groups in total. The monoisotopic (exact) mass is 312 g/mol. The summed E-state index contributed by atoms with van der Waals surface area (Å²) in [5.74, 6) is 1.29. The van der Waals surface area contributed by atoms with Crippen LogP contribution in [0.1, 0.15) is 36.8 Å². The van der Waals surface area contributed by atoms with Crippen molar-refractivity contribution in [3.8, 4) is 0 Å². The van der Waals surface area contributed by atoms with Gasteiger partial charge in [-0.25, -0.2) is 0 Å². The van der Waals surface area contributed by atoms with Gasteiger partial charge < -0.3 is 0 Å². The molecule has 0 saturated heterocycles. The molecule has 0 nitrogen and oxygen atoms in total. The first-order chi connectivity index (χ1) is 8.32. The first-order valence-corrected chi connectivity index (χ1v) is 8.97. The fraction of sp³-hybridized carbons (Fsp3) is 0.600. The number of benzene rings is 1. The van der Waals surface area contributed by atoms with Crippen LogP contribution in [-0.4, -0.2) is 17.3 Å². The zero-order valence-corrected chi connectivity index (χ0v) is 12.9. The fourth-order valence-electron chi connectivity index (χ4n) is 3.03. The zero-order chi connectivity index (χ0) is 12.1. The average molecular weight is 313 g/mol. The number of rotatable bonds is 5. The molecule has 0 fully saturated rings. The highest BCUT2D eigenvalue weighted by atomic mass is 79.9. The largest absolute Gasteiger partial charge is 0.165 e. The zero-order valence-electron chi connectivity index (χ0n) is 10.5. The third-order valence-corrected chi connectivity index (χ3v) is 5.72. The number of alkyl halides is 1. The maximum atomic E-state index is 3.78. The molecule has 1 aliphatic carbocycles. The molecular formula is C15H21BrS. The van der Waals surface area contributed by atoms with Gasteiger partial charge in [-0.3, -0.25) is 0 Å². The third kappa shape index (κ3) is 2.90. The van der Waals surface area contributed by atoms with Crippen LogP contribution in [0.25, 0.3) is 0 Å². The summed E-state index contributed by atoms with van der Waals surface area (Å²) < 4.78 is 0. The normalized spacial score (nSPS) is 23.4. The average Bonchev–Trinajstić information content (AvgIpc) is 2.39. The van der Waals surface area contributed by atoms with Gasteiger partial charge in [-0.1, -0.05) is 40.2 Å². The molecule has 1 aromatic carbocycles. The lowest BCUT2D eigenvalue weighted by molar-refractivity contribution is 0.374. The van der Waals surface area contributed by atoms with Crippen LogP contribution in [0.2, 0.25) is 0 Å². The summed E-state index contributed by atoms with van der Waals surface area (Å²) in [6.07, 6.45) is 8.84. The fourth-order valence-corrected chi connectivity index (χ4v) is 4.32. The van der Waals surface area contributed by atoms with Crippen molar-refractivity contribution >= 4 is 27.7 Å². The number of aryl methyl sites for hydroxylation is 1. The lowest BCUT2D eigenvalue weighted by Gasteiger charge is -2.38. The van der Waals surface area contributed by atoms with Gasteiger partial charge >= 0.3 is 0 Å². The molecule has 0 bridgehead atoms. The molecule has 2 heteroatoms. The number of halogens is 1. The second kappa shape index (κ2) is 6.29. The standard InChI is InChI=1S/C15H21BrS/c1-17-11-5-10-15(12-16)9-4-7-13-6-2-3-8-14(13)15/h2-3,6,8H,4-5,7,9-12H2,1H3. The van der Waals surface area contributed by atoms with Crippen LogP contribution in [-0.2, 0) is 11.8 Å². The molecule has 0 spiro atoms. The third-order valence-electron chi connectivity index (χ3n) is 3.95. The Bertz CT molecular complexity index is 364. The highest BCUT2D eigenvalue weighted by Crippen LogP contribution is 2.42. The minimum absolute atomic E-state index is 0.407. The summed E-state index contributed by atoms with van der Waals surface area (Å²) in [6.45, 7) is 0. The van der Waals surface area contributed by atoms with Crippen LogP contribution in [0.15, 0.2) is 24.3 Å². The minimum atomic E-state index is 0.407. The van der Waals surface area contributed by atoms with E-state index in [1.54, 1.807) is 11.1 Å². The maximum Gasteiger partial charge on any atom is 0.0129 e. The molecule has 1 unspecified atom stereocenters. The molecule has 0 aromatic heterocycles. The lowest BCUT2D eigenvalue weighted by Crippen LogP contribution is -2.32. The van der Waals surface area contributed by atoms with E-state index in [0.29, 0.717) is 5.41 Å². The van der Waals surface area contributed by atoms with Gasteiger partial charge in [0.25, 0.3) is 0 Å². The van der Waals surface area contributed by atoms with E-state index in [-0.39, 0.29) is 0 Å². The Kier molecular flexibility index (Phi) is 4.98. The van der Waals surface area contributed by atoms with Crippen molar-refractivity contribution in [2.24, 2.45) is 0 Å². The molecule has 0 saturated carbocycles. The quantitative estimate of drug-likeness (QED) is 0.556. The molecule has 0 heterocycles. The summed E-state index contributed by atoms with van der Waals surface area (Å²) >= 11 is 5.75. The van der Waals surface area contributed by atoms with Crippen LogP contribution in [0.5, 0.6) is 0 Å². The van der Waals surface area contributed by atoms with Gasteiger partial charge in [-0.2, -0.15) is 11.8 Å². The van der Waals surface area contributed by atoms with E-state index in [2.05, 4.69) is 46.5 Å². The van der Waals surface area contributed by atoms with Crippen LogP contribution >= 0.6 is 27.7 Å². The summed E-state index contributed by atoms with van der Waals surface area (Å²) in [7, 11) is 0. The molecule has 0 aliphatic heterocycles. The summed E-state index contributed by atoms with van der Waals surface area (Å²) in [4.78, 5) is 0. The molecule has 1 aromatic rings. The van der Waals surface area contributed by atoms with Gasteiger partial charge in [0.2, 0.25) is 0 Å². The molecule has 94 valence electrons. The van der Waals surface area contributed by atoms with Crippen LogP contribution < -0.4 is 0 Å². The smallest absolute Gasteiger partial charge is 0.0129 e. The van der Waals surface area contributed by atoms with Crippen molar-refractivity contribution in [2.75, 3.05) is 17.3 Å². The predicted octanol–water partition coefficient (Wildman–Crippen LogP) is 4.80. The van der Waals surface area contributed by atoms with Crippen molar-refractivity contribution in [3.63, 3.8) is 0 Å². The number of hydrogen-bond donors (Lipinski definition) is 0. The van der Waals surface area contributed by atoms with E-state index < -0.39 is 0 Å². The lowest BCUT2D eigenvalue weighted by atomic mass is 9.69. The Morgan fingerprint density at radius 3 is 2.94 bits per heavy atom. The number of fused-ring (bicyclic) bond motifs is 1. The van der Waals surface area contributed by atoms with Crippen LogP contribution in [0.4, 0.5) is 0 Å². The van der Waals surface area contributed by atoms with E-state index in [4.69, 9.17) is 0 Å². The highest BCUT2D eigenvalue weighted by Gasteiger charge is 2.34. The Morgan fingerprint density at radius 2 is 2.18 bits per heavy atom. The topological polar surface area (TPSA) is 0 Å². The molecule has 0 radical (unpaired) electrons. The van der Waals surface area contributed by atoms with E-state index >= 15 is 0 Å². The second-order valence-corrected chi connectivity index (χ2v) is 6.57. The molecule has 0 amide bonds. The molecular weight excluding hydrogens is 292 g/mol. The first kappa shape index (κ1) is 13.5. The Labute approximate surface area is 118 Å². The summed E-state index contributed by atoms with van der Waals surface area (Å²) in [6, 6.07) is 9.07. The molecule has 1 aliphatic rings. The van der Waals surface area contributed by atoms with Crippen molar-refractivity contribution in [2.45, 2.75) is 37.5 Å². The SMILES string of the molecule is CSCCCC1(CBr)CCCc2ccccc21. The van der Waals surface area contributed by atoms with E-state index in [9.17, 15) is 0 Å². The van der Waals surface area contributed by atoms with Crippen LogP contribution in [0, 0.1) is 0 Å². The Balaban J connectivity index is 2.22. The van der Waals surface area contributed by atoms with E-state index in [1.165, 1.54) is 37.9 Å². The molecule has 1 atom stereocenters. The predicted molar refractivity (Wildman–Crippen MR) is 82.5 cm³/mol. The van der Waals surface area contributed by atoms with Gasteiger partial charge in [0.05, 0.1) is 0 Å². The number of thioether (sulfide) groups is 1. The van der Waals surface area contributed by atoms with Crippen molar-refractivity contribution in [1.29, 1.82) is 0 Å². The first-order valence-electron chi connectivity index (χ1n) is 6.46. The van der Waals surface area contributed by atoms with Crippen molar-refractivity contribution in [3.05, 3.63) is 35.4 Å². The maximum absolute atomic E-state index is 3.78. The van der Waals surface area contributed by atoms with Crippen molar-refractivity contribution in [1.82, 2.24) is 0 Å². The highest BCUT2D eigenvalue weighted by molar-refractivity contribution is 9.09.